The molecule has 3 N–H and O–H groups in total. The van der Waals surface area contributed by atoms with Gasteiger partial charge in [0.1, 0.15) is 11.5 Å². The number of carboxylic acids is 1. The molecule has 0 radical (unpaired) electrons. The Morgan fingerprint density at radius 3 is 2.38 bits per heavy atom. The number of benzene rings is 4. The van der Waals surface area contributed by atoms with Gasteiger partial charge in [-0.1, -0.05) is 48.5 Å². The summed E-state index contributed by atoms with van der Waals surface area (Å²) in [6.45, 7) is 0.430. The van der Waals surface area contributed by atoms with Gasteiger partial charge < -0.3 is 15.6 Å². The van der Waals surface area contributed by atoms with E-state index in [-0.39, 0.29) is 5.56 Å². The van der Waals surface area contributed by atoms with Gasteiger partial charge in [-0.2, -0.15) is 5.26 Å². The van der Waals surface area contributed by atoms with Crippen LogP contribution in [0.2, 0.25) is 0 Å². The maximum absolute atomic E-state index is 11.6. The normalized spacial score (nSPS) is 10.4. The zero-order valence-corrected chi connectivity index (χ0v) is 17.2. The Hall–Kier alpha value is -4.40. The average molecular weight is 420 g/mol. The van der Waals surface area contributed by atoms with Gasteiger partial charge in [0.05, 0.1) is 17.2 Å². The summed E-state index contributed by atoms with van der Waals surface area (Å²) in [5, 5.41) is 19.0. The Balaban J connectivity index is 1.70. The van der Waals surface area contributed by atoms with E-state index in [2.05, 4.69) is 6.07 Å². The first-order valence-corrected chi connectivity index (χ1v) is 10.0. The highest BCUT2D eigenvalue weighted by Crippen LogP contribution is 2.32. The van der Waals surface area contributed by atoms with Crippen LogP contribution in [-0.2, 0) is 6.54 Å². The summed E-state index contributed by atoms with van der Waals surface area (Å²) in [5.41, 5.74) is 10.6. The number of nitriles is 1. The number of hydrogen-bond acceptors (Lipinski definition) is 4. The van der Waals surface area contributed by atoms with Crippen molar-refractivity contribution in [2.75, 3.05) is 0 Å². The van der Waals surface area contributed by atoms with Gasteiger partial charge in [0, 0.05) is 6.54 Å². The minimum Gasteiger partial charge on any atom is -0.478 e. The Morgan fingerprint density at radius 1 is 0.844 bits per heavy atom. The van der Waals surface area contributed by atoms with Crippen molar-refractivity contribution in [1.29, 1.82) is 5.26 Å². The first-order chi connectivity index (χ1) is 15.6. The van der Waals surface area contributed by atoms with Crippen molar-refractivity contribution in [2.45, 2.75) is 6.54 Å². The van der Waals surface area contributed by atoms with E-state index in [9.17, 15) is 15.2 Å². The third-order valence-electron chi connectivity index (χ3n) is 5.07. The number of carbonyl (C=O) groups is 1. The van der Waals surface area contributed by atoms with Crippen LogP contribution in [0.1, 0.15) is 21.5 Å². The van der Waals surface area contributed by atoms with Crippen molar-refractivity contribution in [3.8, 4) is 39.8 Å². The largest absolute Gasteiger partial charge is 0.478 e. The molecule has 4 aromatic carbocycles. The lowest BCUT2D eigenvalue weighted by Crippen LogP contribution is -1.99. The van der Waals surface area contributed by atoms with Gasteiger partial charge >= 0.3 is 5.97 Å². The second-order valence-electron chi connectivity index (χ2n) is 7.24. The summed E-state index contributed by atoms with van der Waals surface area (Å²) in [6, 6.07) is 29.4. The average Bonchev–Trinajstić information content (AvgIpc) is 2.84. The summed E-state index contributed by atoms with van der Waals surface area (Å²) in [7, 11) is 0. The van der Waals surface area contributed by atoms with E-state index in [1.807, 2.05) is 48.5 Å². The number of nitrogens with zero attached hydrogens (tertiary/aromatic N) is 1. The number of ether oxygens (including phenoxy) is 1. The molecule has 4 rings (SSSR count). The van der Waals surface area contributed by atoms with Crippen molar-refractivity contribution >= 4 is 5.97 Å². The highest BCUT2D eigenvalue weighted by atomic mass is 16.5. The number of carboxylic acid groups (broad SMARTS) is 1. The van der Waals surface area contributed by atoms with Crippen molar-refractivity contribution in [3.63, 3.8) is 0 Å². The van der Waals surface area contributed by atoms with E-state index in [0.29, 0.717) is 29.2 Å². The molecule has 0 spiro atoms. The molecule has 0 bridgehead atoms. The molecule has 32 heavy (non-hydrogen) atoms. The predicted octanol–water partition coefficient (Wildman–Crippen LogP) is 5.84. The second kappa shape index (κ2) is 9.17. The van der Waals surface area contributed by atoms with Crippen molar-refractivity contribution in [2.24, 2.45) is 5.73 Å². The van der Waals surface area contributed by atoms with E-state index in [0.717, 1.165) is 22.3 Å². The zero-order chi connectivity index (χ0) is 22.5. The predicted molar refractivity (Wildman–Crippen MR) is 123 cm³/mol. The van der Waals surface area contributed by atoms with Crippen LogP contribution in [-0.4, -0.2) is 11.1 Å². The summed E-state index contributed by atoms with van der Waals surface area (Å²) < 4.78 is 6.08. The van der Waals surface area contributed by atoms with Gasteiger partial charge in [-0.3, -0.25) is 0 Å². The van der Waals surface area contributed by atoms with Gasteiger partial charge in [0.25, 0.3) is 0 Å². The molecular weight excluding hydrogens is 400 g/mol. The quantitative estimate of drug-likeness (QED) is 0.408. The molecule has 0 fully saturated rings. The molecule has 0 aliphatic heterocycles. The third-order valence-corrected chi connectivity index (χ3v) is 5.07. The molecule has 0 aliphatic carbocycles. The zero-order valence-electron chi connectivity index (χ0n) is 17.2. The van der Waals surface area contributed by atoms with Crippen molar-refractivity contribution in [1.82, 2.24) is 0 Å². The maximum Gasteiger partial charge on any atom is 0.336 e. The molecule has 156 valence electrons. The van der Waals surface area contributed by atoms with Crippen LogP contribution in [0.5, 0.6) is 11.5 Å². The Bertz CT molecular complexity index is 1340. The number of nitrogens with two attached hydrogens (primary N) is 1. The van der Waals surface area contributed by atoms with E-state index >= 15 is 0 Å². The first-order valence-electron chi connectivity index (χ1n) is 10.0. The Labute approximate surface area is 185 Å². The summed E-state index contributed by atoms with van der Waals surface area (Å²) in [4.78, 5) is 11.6. The van der Waals surface area contributed by atoms with Crippen LogP contribution in [0.4, 0.5) is 0 Å². The highest BCUT2D eigenvalue weighted by molar-refractivity contribution is 5.96. The number of hydrogen-bond donors (Lipinski definition) is 2. The Morgan fingerprint density at radius 2 is 1.59 bits per heavy atom. The SMILES string of the molecule is N#Cc1cc(Oc2cccc(-c3ccccc3C(=O)O)c2)cc(-c2cccc(CN)c2)c1. The smallest absolute Gasteiger partial charge is 0.336 e. The van der Waals surface area contributed by atoms with Crippen molar-refractivity contribution in [3.05, 3.63) is 108 Å². The van der Waals surface area contributed by atoms with E-state index in [4.69, 9.17) is 10.5 Å². The second-order valence-corrected chi connectivity index (χ2v) is 7.24. The molecule has 4 aromatic rings. The van der Waals surface area contributed by atoms with Crippen LogP contribution in [0.25, 0.3) is 22.3 Å². The lowest BCUT2D eigenvalue weighted by atomic mass is 9.99. The van der Waals surface area contributed by atoms with Gasteiger partial charge in [0.2, 0.25) is 0 Å². The molecule has 0 amide bonds. The molecule has 0 atom stereocenters. The highest BCUT2D eigenvalue weighted by Gasteiger charge is 2.12. The molecule has 0 heterocycles. The minimum atomic E-state index is -0.988. The minimum absolute atomic E-state index is 0.221. The van der Waals surface area contributed by atoms with Crippen molar-refractivity contribution < 1.29 is 14.6 Å². The van der Waals surface area contributed by atoms with Gasteiger partial charge in [-0.25, -0.2) is 4.79 Å². The lowest BCUT2D eigenvalue weighted by molar-refractivity contribution is 0.0697. The third kappa shape index (κ3) is 4.51. The number of aromatic carboxylic acids is 1. The van der Waals surface area contributed by atoms with Crippen LogP contribution >= 0.6 is 0 Å². The molecule has 0 aliphatic rings. The lowest BCUT2D eigenvalue weighted by Gasteiger charge is -2.12. The summed E-state index contributed by atoms with van der Waals surface area (Å²) in [6.07, 6.45) is 0. The van der Waals surface area contributed by atoms with Gasteiger partial charge in [-0.05, 0) is 70.3 Å². The molecule has 0 aromatic heterocycles. The van der Waals surface area contributed by atoms with Crippen LogP contribution in [0.15, 0.2) is 91.0 Å². The molecule has 5 nitrogen and oxygen atoms in total. The summed E-state index contributed by atoms with van der Waals surface area (Å²) >= 11 is 0. The first kappa shape index (κ1) is 20.9. The standard InChI is InChI=1S/C27H20N2O3/c28-16-18-5-3-6-20(11-18)22-12-19(17-29)13-24(15-22)32-23-8-4-7-21(14-23)25-9-1-2-10-26(25)27(30)31/h1-15H,16,28H2,(H,30,31). The van der Waals surface area contributed by atoms with Gasteiger partial charge in [0.15, 0.2) is 0 Å². The maximum atomic E-state index is 11.6. The van der Waals surface area contributed by atoms with E-state index < -0.39 is 5.97 Å². The molecule has 0 saturated carbocycles. The molecule has 5 heteroatoms. The fraction of sp³-hybridized carbons (Fsp3) is 0.0370. The summed E-state index contributed by atoms with van der Waals surface area (Å²) in [5.74, 6) is 0.0679. The fourth-order valence-electron chi connectivity index (χ4n) is 3.55. The molecule has 0 saturated heterocycles. The molecular formula is C27H20N2O3. The van der Waals surface area contributed by atoms with E-state index in [1.54, 1.807) is 42.5 Å². The van der Waals surface area contributed by atoms with E-state index in [1.165, 1.54) is 0 Å². The van der Waals surface area contributed by atoms with Crippen LogP contribution in [0.3, 0.4) is 0 Å². The number of rotatable bonds is 6. The molecule has 0 unspecified atom stereocenters. The Kier molecular flexibility index (Phi) is 5.98. The van der Waals surface area contributed by atoms with Gasteiger partial charge in [-0.15, -0.1) is 0 Å². The topological polar surface area (TPSA) is 96.3 Å². The van der Waals surface area contributed by atoms with Crippen LogP contribution < -0.4 is 10.5 Å². The van der Waals surface area contributed by atoms with Crippen LogP contribution in [0, 0.1) is 11.3 Å². The fourth-order valence-corrected chi connectivity index (χ4v) is 3.55. The monoisotopic (exact) mass is 420 g/mol.